The largest absolute Gasteiger partial charge is 0.341 e. The lowest BCUT2D eigenvalue weighted by Crippen LogP contribution is -2.24. The van der Waals surface area contributed by atoms with Crippen LogP contribution in [-0.2, 0) is 12.8 Å². The summed E-state index contributed by atoms with van der Waals surface area (Å²) in [6.45, 7) is 2.05. The molecule has 1 aliphatic carbocycles. The molecule has 1 aliphatic rings. The summed E-state index contributed by atoms with van der Waals surface area (Å²) < 4.78 is 1.92. The van der Waals surface area contributed by atoms with E-state index in [0.717, 1.165) is 41.8 Å². The van der Waals surface area contributed by atoms with Gasteiger partial charge in [0.15, 0.2) is 5.69 Å². The number of carbonyl (C=O) groups excluding carboxylic acids is 2. The third kappa shape index (κ3) is 3.71. The summed E-state index contributed by atoms with van der Waals surface area (Å²) in [6.07, 6.45) is 2.81. The van der Waals surface area contributed by atoms with E-state index in [0.29, 0.717) is 17.1 Å². The molecular formula is C22H23N5O2. The number of carbonyl (C=O) groups is 2. The van der Waals surface area contributed by atoms with Gasteiger partial charge >= 0.3 is 6.03 Å². The maximum absolute atomic E-state index is 12.9. The van der Waals surface area contributed by atoms with Gasteiger partial charge in [0.1, 0.15) is 0 Å². The summed E-state index contributed by atoms with van der Waals surface area (Å²) >= 11 is 0. The van der Waals surface area contributed by atoms with E-state index in [1.807, 2.05) is 35.9 Å². The first-order valence-electron chi connectivity index (χ1n) is 9.63. The van der Waals surface area contributed by atoms with Crippen LogP contribution in [0, 0.1) is 6.92 Å². The number of aryl methyl sites for hydroxylation is 1. The molecule has 0 saturated heterocycles. The van der Waals surface area contributed by atoms with Crippen LogP contribution in [0.3, 0.4) is 0 Å². The number of benzene rings is 2. The normalized spacial score (nSPS) is 12.3. The predicted molar refractivity (Wildman–Crippen MR) is 113 cm³/mol. The van der Waals surface area contributed by atoms with Gasteiger partial charge in [0.25, 0.3) is 5.91 Å². The molecule has 1 heterocycles. The van der Waals surface area contributed by atoms with Gasteiger partial charge in [0.05, 0.1) is 5.69 Å². The number of rotatable bonds is 4. The van der Waals surface area contributed by atoms with Gasteiger partial charge in [-0.1, -0.05) is 18.2 Å². The molecule has 3 aromatic rings. The van der Waals surface area contributed by atoms with E-state index >= 15 is 0 Å². The zero-order valence-electron chi connectivity index (χ0n) is 16.5. The zero-order chi connectivity index (χ0) is 20.4. The second kappa shape index (κ2) is 7.79. The summed E-state index contributed by atoms with van der Waals surface area (Å²) in [6, 6.07) is 14.7. The molecule has 3 amide bonds. The molecule has 0 aliphatic heterocycles. The minimum Gasteiger partial charge on any atom is -0.341 e. The van der Waals surface area contributed by atoms with Gasteiger partial charge in [-0.2, -0.15) is 5.10 Å². The summed E-state index contributed by atoms with van der Waals surface area (Å²) in [5.41, 5.74) is 6.05. The molecule has 1 aromatic heterocycles. The molecule has 0 atom stereocenters. The van der Waals surface area contributed by atoms with E-state index < -0.39 is 0 Å². The van der Waals surface area contributed by atoms with Crippen molar-refractivity contribution < 1.29 is 9.59 Å². The first-order chi connectivity index (χ1) is 14.1. The third-order valence-electron chi connectivity index (χ3n) is 5.12. The van der Waals surface area contributed by atoms with Crippen LogP contribution in [0.5, 0.6) is 0 Å². The van der Waals surface area contributed by atoms with E-state index in [4.69, 9.17) is 0 Å². The highest BCUT2D eigenvalue weighted by atomic mass is 16.2. The smallest absolute Gasteiger partial charge is 0.318 e. The number of nitrogens with one attached hydrogen (secondary N) is 3. The molecule has 4 rings (SSSR count). The van der Waals surface area contributed by atoms with E-state index in [9.17, 15) is 9.59 Å². The molecule has 2 aromatic carbocycles. The second-order valence-electron chi connectivity index (χ2n) is 7.06. The lowest BCUT2D eigenvalue weighted by molar-refractivity contribution is 0.102. The van der Waals surface area contributed by atoms with Crippen molar-refractivity contribution in [2.24, 2.45) is 0 Å². The van der Waals surface area contributed by atoms with Crippen LogP contribution in [0.4, 0.5) is 16.2 Å². The average Bonchev–Trinajstić information content (AvgIpc) is 3.33. The minimum atomic E-state index is -0.293. The predicted octanol–water partition coefficient (Wildman–Crippen LogP) is 3.67. The monoisotopic (exact) mass is 389 g/mol. The van der Waals surface area contributed by atoms with Crippen molar-refractivity contribution in [2.75, 3.05) is 17.7 Å². The number of para-hydroxylation sites is 1. The Balaban J connectivity index is 1.58. The number of nitrogens with zero attached hydrogens (tertiary/aromatic N) is 2. The quantitative estimate of drug-likeness (QED) is 0.636. The summed E-state index contributed by atoms with van der Waals surface area (Å²) in [4.78, 5) is 24.3. The maximum Gasteiger partial charge on any atom is 0.318 e. The third-order valence-corrected chi connectivity index (χ3v) is 5.12. The summed E-state index contributed by atoms with van der Waals surface area (Å²) in [5.74, 6) is -0.220. The van der Waals surface area contributed by atoms with Crippen LogP contribution < -0.4 is 16.0 Å². The number of fused-ring (bicyclic) bond motifs is 1. The standard InChI is InChI=1S/C22H23N5O2/c1-14-6-3-4-8-18(14)27-19-9-5-7-17(19)20(26-27)21(28)24-15-10-12-16(13-11-15)25-22(29)23-2/h3-4,6,8,10-13H,5,7,9H2,1-2H3,(H,24,28)(H2,23,25,29). The number of urea groups is 1. The zero-order valence-corrected chi connectivity index (χ0v) is 16.5. The van der Waals surface area contributed by atoms with Crippen molar-refractivity contribution in [3.8, 4) is 5.69 Å². The molecule has 0 saturated carbocycles. The van der Waals surface area contributed by atoms with Crippen LogP contribution in [0.25, 0.3) is 5.69 Å². The highest BCUT2D eigenvalue weighted by molar-refractivity contribution is 6.04. The fourth-order valence-corrected chi connectivity index (χ4v) is 3.64. The average molecular weight is 389 g/mol. The lowest BCUT2D eigenvalue weighted by Gasteiger charge is -2.09. The van der Waals surface area contributed by atoms with Crippen LogP contribution in [0.1, 0.15) is 33.7 Å². The molecule has 0 spiro atoms. The molecule has 29 heavy (non-hydrogen) atoms. The van der Waals surface area contributed by atoms with Crippen LogP contribution in [0.15, 0.2) is 48.5 Å². The van der Waals surface area contributed by atoms with Crippen molar-refractivity contribution >= 4 is 23.3 Å². The van der Waals surface area contributed by atoms with Gasteiger partial charge in [0, 0.05) is 29.7 Å². The van der Waals surface area contributed by atoms with Gasteiger partial charge < -0.3 is 16.0 Å². The molecule has 148 valence electrons. The maximum atomic E-state index is 12.9. The number of hydrogen-bond acceptors (Lipinski definition) is 3. The number of hydrogen-bond donors (Lipinski definition) is 3. The Morgan fingerprint density at radius 3 is 2.34 bits per heavy atom. The Morgan fingerprint density at radius 1 is 0.966 bits per heavy atom. The van der Waals surface area contributed by atoms with Crippen molar-refractivity contribution in [2.45, 2.75) is 26.2 Å². The highest BCUT2D eigenvalue weighted by Crippen LogP contribution is 2.29. The summed E-state index contributed by atoms with van der Waals surface area (Å²) in [5, 5.41) is 12.8. The first-order valence-corrected chi connectivity index (χ1v) is 9.63. The van der Waals surface area contributed by atoms with Crippen LogP contribution in [0.2, 0.25) is 0 Å². The second-order valence-corrected chi connectivity index (χ2v) is 7.06. The van der Waals surface area contributed by atoms with E-state index in [-0.39, 0.29) is 11.9 Å². The van der Waals surface area contributed by atoms with Crippen molar-refractivity contribution in [3.63, 3.8) is 0 Å². The number of amides is 3. The van der Waals surface area contributed by atoms with Crippen molar-refractivity contribution in [3.05, 3.63) is 71.0 Å². The van der Waals surface area contributed by atoms with Gasteiger partial charge in [-0.25, -0.2) is 9.48 Å². The van der Waals surface area contributed by atoms with E-state index in [1.165, 1.54) is 0 Å². The Bertz CT molecular complexity index is 1070. The van der Waals surface area contributed by atoms with Crippen molar-refractivity contribution in [1.29, 1.82) is 0 Å². The SMILES string of the molecule is CNC(=O)Nc1ccc(NC(=O)c2nn(-c3ccccc3C)c3c2CCC3)cc1. The molecule has 0 unspecified atom stereocenters. The Labute approximate surface area is 169 Å². The molecule has 0 radical (unpaired) electrons. The number of anilines is 2. The molecule has 0 fully saturated rings. The van der Waals surface area contributed by atoms with Gasteiger partial charge in [-0.3, -0.25) is 4.79 Å². The Morgan fingerprint density at radius 2 is 1.66 bits per heavy atom. The first kappa shape index (κ1) is 18.7. The molecular weight excluding hydrogens is 366 g/mol. The minimum absolute atomic E-state index is 0.220. The molecule has 3 N–H and O–H groups in total. The van der Waals surface area contributed by atoms with Gasteiger partial charge in [0.2, 0.25) is 0 Å². The summed E-state index contributed by atoms with van der Waals surface area (Å²) in [7, 11) is 1.55. The van der Waals surface area contributed by atoms with Crippen LogP contribution in [-0.4, -0.2) is 28.8 Å². The van der Waals surface area contributed by atoms with Gasteiger partial charge in [-0.15, -0.1) is 0 Å². The van der Waals surface area contributed by atoms with Crippen LogP contribution >= 0.6 is 0 Å². The number of aromatic nitrogens is 2. The Kier molecular flexibility index (Phi) is 5.03. The highest BCUT2D eigenvalue weighted by Gasteiger charge is 2.27. The fourth-order valence-electron chi connectivity index (χ4n) is 3.64. The van der Waals surface area contributed by atoms with Crippen molar-refractivity contribution in [1.82, 2.24) is 15.1 Å². The van der Waals surface area contributed by atoms with E-state index in [1.54, 1.807) is 31.3 Å². The fraction of sp³-hybridized carbons (Fsp3) is 0.227. The van der Waals surface area contributed by atoms with Gasteiger partial charge in [-0.05, 0) is 62.1 Å². The topological polar surface area (TPSA) is 88.1 Å². The molecule has 7 nitrogen and oxygen atoms in total. The van der Waals surface area contributed by atoms with E-state index in [2.05, 4.69) is 21.0 Å². The molecule has 0 bridgehead atoms. The molecule has 7 heteroatoms. The Hall–Kier alpha value is -3.61. The lowest BCUT2D eigenvalue weighted by atomic mass is 10.1.